The monoisotopic (exact) mass is 303 g/mol. The lowest BCUT2D eigenvalue weighted by molar-refractivity contribution is -0.133. The number of hydrogen-bond donors (Lipinski definition) is 0. The molecule has 0 aromatic carbocycles. The van der Waals surface area contributed by atoms with Crippen molar-refractivity contribution in [1.29, 1.82) is 0 Å². The van der Waals surface area contributed by atoms with Crippen LogP contribution in [-0.2, 0) is 11.3 Å². The number of nitrogens with zero attached hydrogens (tertiary/aromatic N) is 5. The second kappa shape index (κ2) is 5.22. The van der Waals surface area contributed by atoms with Crippen LogP contribution in [0, 0.1) is 5.92 Å². The van der Waals surface area contributed by atoms with E-state index in [2.05, 4.69) is 15.4 Å². The first-order valence-electron chi connectivity index (χ1n) is 7.43. The minimum absolute atomic E-state index is 0.225. The van der Waals surface area contributed by atoms with Crippen LogP contribution in [0.4, 0.5) is 0 Å². The highest BCUT2D eigenvalue weighted by molar-refractivity contribution is 7.13. The quantitative estimate of drug-likeness (QED) is 0.864. The van der Waals surface area contributed by atoms with E-state index in [9.17, 15) is 4.79 Å². The summed E-state index contributed by atoms with van der Waals surface area (Å²) in [6.45, 7) is 1.53. The van der Waals surface area contributed by atoms with Gasteiger partial charge in [-0.05, 0) is 42.3 Å². The van der Waals surface area contributed by atoms with E-state index in [1.807, 2.05) is 22.4 Å². The lowest BCUT2D eigenvalue weighted by Crippen LogP contribution is -2.39. The number of aromatic nitrogens is 4. The highest BCUT2D eigenvalue weighted by Crippen LogP contribution is 2.33. The molecule has 4 rings (SSSR count). The van der Waals surface area contributed by atoms with Crippen molar-refractivity contribution in [1.82, 2.24) is 25.1 Å². The minimum Gasteiger partial charge on any atom is -0.338 e. The molecule has 110 valence electrons. The Morgan fingerprint density at radius 2 is 2.29 bits per heavy atom. The number of tetrazole rings is 1. The molecular formula is C14H17N5OS. The molecule has 2 aromatic rings. The number of thiophene rings is 1. The van der Waals surface area contributed by atoms with Crippen molar-refractivity contribution >= 4 is 17.2 Å². The third-order valence-corrected chi connectivity index (χ3v) is 5.02. The van der Waals surface area contributed by atoms with Crippen LogP contribution in [0.2, 0.25) is 0 Å². The molecule has 3 heterocycles. The Morgan fingerprint density at radius 1 is 1.38 bits per heavy atom. The van der Waals surface area contributed by atoms with E-state index in [-0.39, 0.29) is 12.0 Å². The Labute approximate surface area is 126 Å². The maximum Gasteiger partial charge on any atom is 0.225 e. The number of likely N-dealkylation sites (tertiary alicyclic amines) is 1. The van der Waals surface area contributed by atoms with Crippen LogP contribution in [0.5, 0.6) is 0 Å². The molecule has 1 aliphatic carbocycles. The summed E-state index contributed by atoms with van der Waals surface area (Å²) in [5.74, 6) is 1.29. The average molecular weight is 303 g/mol. The maximum atomic E-state index is 12.3. The van der Waals surface area contributed by atoms with Gasteiger partial charge >= 0.3 is 0 Å². The van der Waals surface area contributed by atoms with Gasteiger partial charge < -0.3 is 4.90 Å². The summed E-state index contributed by atoms with van der Waals surface area (Å²) < 4.78 is 0. The lowest BCUT2D eigenvalue weighted by Gasteiger charge is -2.24. The van der Waals surface area contributed by atoms with E-state index in [0.29, 0.717) is 18.3 Å². The second-order valence-corrected chi connectivity index (χ2v) is 6.69. The summed E-state index contributed by atoms with van der Waals surface area (Å²) in [6.07, 6.45) is 4.24. The van der Waals surface area contributed by atoms with Crippen molar-refractivity contribution in [2.75, 3.05) is 6.54 Å². The van der Waals surface area contributed by atoms with Gasteiger partial charge in [0, 0.05) is 12.5 Å². The summed E-state index contributed by atoms with van der Waals surface area (Å²) >= 11 is 1.61. The average Bonchev–Trinajstić information content (AvgIpc) is 2.93. The molecule has 1 saturated carbocycles. The molecule has 1 saturated heterocycles. The lowest BCUT2D eigenvalue weighted by atomic mass is 10.2. The van der Waals surface area contributed by atoms with Gasteiger partial charge in [0.2, 0.25) is 11.7 Å². The van der Waals surface area contributed by atoms with Crippen molar-refractivity contribution in [2.45, 2.75) is 38.3 Å². The largest absolute Gasteiger partial charge is 0.338 e. The van der Waals surface area contributed by atoms with Crippen LogP contribution in [0.25, 0.3) is 10.7 Å². The molecule has 2 fully saturated rings. The number of amides is 1. The molecule has 0 bridgehead atoms. The van der Waals surface area contributed by atoms with Crippen LogP contribution in [0.15, 0.2) is 17.5 Å². The van der Waals surface area contributed by atoms with Gasteiger partial charge in [-0.25, -0.2) is 0 Å². The van der Waals surface area contributed by atoms with Gasteiger partial charge in [0.1, 0.15) is 0 Å². The fourth-order valence-electron chi connectivity index (χ4n) is 2.89. The van der Waals surface area contributed by atoms with E-state index in [1.54, 1.807) is 16.1 Å². The van der Waals surface area contributed by atoms with Gasteiger partial charge in [0.15, 0.2) is 0 Å². The fourth-order valence-corrected chi connectivity index (χ4v) is 3.54. The first-order chi connectivity index (χ1) is 10.3. The third-order valence-electron chi connectivity index (χ3n) is 4.16. The molecule has 6 nitrogen and oxygen atoms in total. The molecule has 2 aromatic heterocycles. The van der Waals surface area contributed by atoms with Crippen molar-refractivity contribution in [2.24, 2.45) is 5.92 Å². The highest BCUT2D eigenvalue weighted by atomic mass is 32.1. The van der Waals surface area contributed by atoms with Crippen molar-refractivity contribution < 1.29 is 4.79 Å². The zero-order valence-corrected chi connectivity index (χ0v) is 12.5. The first kappa shape index (κ1) is 12.9. The predicted molar refractivity (Wildman–Crippen MR) is 78.6 cm³/mol. The van der Waals surface area contributed by atoms with Gasteiger partial charge in [-0.3, -0.25) is 4.79 Å². The van der Waals surface area contributed by atoms with Gasteiger partial charge in [-0.1, -0.05) is 6.07 Å². The van der Waals surface area contributed by atoms with Crippen molar-refractivity contribution in [3.05, 3.63) is 17.5 Å². The molecule has 1 atom stereocenters. The van der Waals surface area contributed by atoms with E-state index >= 15 is 0 Å². The molecule has 1 amide bonds. The molecule has 0 radical (unpaired) electrons. The Bertz CT molecular complexity index is 634. The Hall–Kier alpha value is -1.76. The number of rotatable bonds is 4. The van der Waals surface area contributed by atoms with Gasteiger partial charge in [-0.15, -0.1) is 21.5 Å². The topological polar surface area (TPSA) is 63.9 Å². The Balaban J connectivity index is 1.46. The summed E-state index contributed by atoms with van der Waals surface area (Å²) in [4.78, 5) is 17.0. The van der Waals surface area contributed by atoms with Gasteiger partial charge in [0.25, 0.3) is 0 Å². The fraction of sp³-hybridized carbons (Fsp3) is 0.571. The minimum atomic E-state index is 0.225. The summed E-state index contributed by atoms with van der Waals surface area (Å²) in [7, 11) is 0. The Morgan fingerprint density at radius 3 is 3.05 bits per heavy atom. The van der Waals surface area contributed by atoms with Crippen LogP contribution in [0.3, 0.4) is 0 Å². The predicted octanol–water partition coefficient (Wildman–Crippen LogP) is 1.80. The van der Waals surface area contributed by atoms with Crippen LogP contribution in [-0.4, -0.2) is 43.6 Å². The number of carbonyl (C=O) groups excluding carboxylic acids is 1. The SMILES string of the molecule is O=C(C1CC1)N1CCC[C@@H]1Cn1nnc(-c2cccs2)n1. The van der Waals surface area contributed by atoms with Gasteiger partial charge in [-0.2, -0.15) is 4.80 Å². The molecule has 21 heavy (non-hydrogen) atoms. The first-order valence-corrected chi connectivity index (χ1v) is 8.31. The smallest absolute Gasteiger partial charge is 0.225 e. The second-order valence-electron chi connectivity index (χ2n) is 5.75. The van der Waals surface area contributed by atoms with E-state index in [1.165, 1.54) is 0 Å². The van der Waals surface area contributed by atoms with Gasteiger partial charge in [0.05, 0.1) is 17.5 Å². The standard InChI is InChI=1S/C14H17N5OS/c20-14(10-5-6-10)18-7-1-3-11(18)9-19-16-13(15-17-19)12-4-2-8-21-12/h2,4,8,10-11H,1,3,5-7,9H2/t11-/m1/s1. The van der Waals surface area contributed by atoms with E-state index in [4.69, 9.17) is 0 Å². The zero-order chi connectivity index (χ0) is 14.2. The summed E-state index contributed by atoms with van der Waals surface area (Å²) in [5.41, 5.74) is 0. The highest BCUT2D eigenvalue weighted by Gasteiger charge is 2.38. The molecular weight excluding hydrogens is 286 g/mol. The molecule has 0 spiro atoms. The van der Waals surface area contributed by atoms with Crippen LogP contribution < -0.4 is 0 Å². The number of carbonyl (C=O) groups is 1. The van der Waals surface area contributed by atoms with Crippen molar-refractivity contribution in [3.63, 3.8) is 0 Å². The zero-order valence-electron chi connectivity index (χ0n) is 11.7. The molecule has 1 aliphatic heterocycles. The molecule has 0 N–H and O–H groups in total. The van der Waals surface area contributed by atoms with E-state index < -0.39 is 0 Å². The van der Waals surface area contributed by atoms with Crippen LogP contribution in [0.1, 0.15) is 25.7 Å². The normalized spacial score (nSPS) is 21.9. The van der Waals surface area contributed by atoms with Crippen LogP contribution >= 0.6 is 11.3 Å². The summed E-state index contributed by atoms with van der Waals surface area (Å²) in [5, 5.41) is 14.7. The molecule has 2 aliphatic rings. The van der Waals surface area contributed by atoms with Crippen molar-refractivity contribution in [3.8, 4) is 10.7 Å². The van der Waals surface area contributed by atoms with E-state index in [0.717, 1.165) is 37.1 Å². The molecule has 0 unspecified atom stereocenters. The molecule has 7 heteroatoms. The number of hydrogen-bond acceptors (Lipinski definition) is 5. The summed E-state index contributed by atoms with van der Waals surface area (Å²) in [6, 6.07) is 4.20. The third kappa shape index (κ3) is 2.57. The maximum absolute atomic E-state index is 12.3. The Kier molecular flexibility index (Phi) is 3.21.